The summed E-state index contributed by atoms with van der Waals surface area (Å²) in [6.45, 7) is 4.26. The van der Waals surface area contributed by atoms with Crippen molar-refractivity contribution in [3.63, 3.8) is 0 Å². The predicted octanol–water partition coefficient (Wildman–Crippen LogP) is 1.71. The van der Waals surface area contributed by atoms with Gasteiger partial charge in [-0.25, -0.2) is 12.7 Å². The van der Waals surface area contributed by atoms with Crippen LogP contribution in [0.15, 0.2) is 29.2 Å². The molecule has 28 heavy (non-hydrogen) atoms. The summed E-state index contributed by atoms with van der Waals surface area (Å²) in [4.78, 5) is 12.9. The molecule has 0 fully saturated rings. The van der Waals surface area contributed by atoms with E-state index in [0.717, 1.165) is 22.5 Å². The molecule has 0 saturated carbocycles. The molecule has 1 amide bonds. The largest absolute Gasteiger partial charge is 0.347 e. The molecule has 0 aliphatic rings. The van der Waals surface area contributed by atoms with Gasteiger partial charge in [0.15, 0.2) is 0 Å². The second-order valence-corrected chi connectivity index (χ2v) is 9.20. The first-order valence-corrected chi connectivity index (χ1v) is 10.3. The van der Waals surface area contributed by atoms with Crippen LogP contribution in [-0.4, -0.2) is 47.1 Å². The summed E-state index contributed by atoms with van der Waals surface area (Å²) in [5.74, 6) is -0.224. The lowest BCUT2D eigenvalue weighted by Crippen LogP contribution is -2.25. The van der Waals surface area contributed by atoms with E-state index in [-0.39, 0.29) is 10.8 Å². The quantitative estimate of drug-likeness (QED) is 0.702. The standard InChI is InChI=1S/C19H25N5O3S/c1-12-16(13(2)24(6)21-12)11-20-19(25)18-10-14-9-15(28(26,27)22(3)4)7-8-17(14)23(18)5/h7-10H,11H2,1-6H3,(H,20,25). The van der Waals surface area contributed by atoms with Crippen molar-refractivity contribution < 1.29 is 13.2 Å². The van der Waals surface area contributed by atoms with Crippen LogP contribution in [0.4, 0.5) is 0 Å². The van der Waals surface area contributed by atoms with Gasteiger partial charge < -0.3 is 9.88 Å². The topological polar surface area (TPSA) is 89.2 Å². The summed E-state index contributed by atoms with van der Waals surface area (Å²) >= 11 is 0. The van der Waals surface area contributed by atoms with Crippen LogP contribution in [0.2, 0.25) is 0 Å². The summed E-state index contributed by atoms with van der Waals surface area (Å²) < 4.78 is 29.4. The Morgan fingerprint density at radius 2 is 1.86 bits per heavy atom. The van der Waals surface area contributed by atoms with Crippen molar-refractivity contribution in [2.24, 2.45) is 14.1 Å². The zero-order valence-corrected chi connectivity index (χ0v) is 17.8. The summed E-state index contributed by atoms with van der Waals surface area (Å²) in [5.41, 5.74) is 4.14. The van der Waals surface area contributed by atoms with Crippen molar-refractivity contribution in [2.45, 2.75) is 25.3 Å². The molecule has 1 N–H and O–H groups in total. The Labute approximate surface area is 164 Å². The summed E-state index contributed by atoms with van der Waals surface area (Å²) in [5, 5.41) is 7.99. The van der Waals surface area contributed by atoms with Crippen LogP contribution in [0.3, 0.4) is 0 Å². The van der Waals surface area contributed by atoms with Gasteiger partial charge in [0, 0.05) is 56.9 Å². The third-order valence-electron chi connectivity index (χ3n) is 5.11. The Bertz CT molecular complexity index is 1170. The van der Waals surface area contributed by atoms with Gasteiger partial charge in [-0.3, -0.25) is 9.48 Å². The highest BCUT2D eigenvalue weighted by atomic mass is 32.2. The van der Waals surface area contributed by atoms with Gasteiger partial charge in [-0.15, -0.1) is 0 Å². The maximum atomic E-state index is 12.7. The van der Waals surface area contributed by atoms with E-state index in [1.54, 1.807) is 40.6 Å². The average Bonchev–Trinajstić information content (AvgIpc) is 3.09. The van der Waals surface area contributed by atoms with E-state index in [0.29, 0.717) is 17.6 Å². The summed E-state index contributed by atoms with van der Waals surface area (Å²) in [6, 6.07) is 6.58. The van der Waals surface area contributed by atoms with Crippen molar-refractivity contribution in [3.05, 3.63) is 46.9 Å². The first kappa shape index (κ1) is 20.1. The molecule has 0 bridgehead atoms. The van der Waals surface area contributed by atoms with E-state index in [9.17, 15) is 13.2 Å². The lowest BCUT2D eigenvalue weighted by Gasteiger charge is -2.11. The molecule has 0 radical (unpaired) electrons. The number of carbonyl (C=O) groups is 1. The van der Waals surface area contributed by atoms with E-state index < -0.39 is 10.0 Å². The van der Waals surface area contributed by atoms with Crippen LogP contribution < -0.4 is 5.32 Å². The number of amides is 1. The molecule has 0 aliphatic heterocycles. The van der Waals surface area contributed by atoms with Crippen molar-refractivity contribution in [2.75, 3.05) is 14.1 Å². The van der Waals surface area contributed by atoms with Crippen LogP contribution in [-0.2, 0) is 30.7 Å². The molecule has 3 aromatic rings. The fraction of sp³-hybridized carbons (Fsp3) is 0.368. The van der Waals surface area contributed by atoms with E-state index >= 15 is 0 Å². The van der Waals surface area contributed by atoms with Gasteiger partial charge in [0.25, 0.3) is 5.91 Å². The van der Waals surface area contributed by atoms with Gasteiger partial charge in [0.05, 0.1) is 10.6 Å². The second-order valence-electron chi connectivity index (χ2n) is 7.05. The maximum Gasteiger partial charge on any atom is 0.268 e. The first-order valence-electron chi connectivity index (χ1n) is 8.83. The average molecular weight is 404 g/mol. The second kappa shape index (κ2) is 7.06. The number of hydrogen-bond donors (Lipinski definition) is 1. The molecule has 8 nitrogen and oxygen atoms in total. The SMILES string of the molecule is Cc1nn(C)c(C)c1CNC(=O)c1cc2cc(S(=O)(=O)N(C)C)ccc2n1C. The fourth-order valence-corrected chi connectivity index (χ4v) is 4.19. The van der Waals surface area contributed by atoms with Gasteiger partial charge in [-0.2, -0.15) is 5.10 Å². The van der Waals surface area contributed by atoms with Gasteiger partial charge in [-0.1, -0.05) is 0 Å². The Morgan fingerprint density at radius 1 is 1.18 bits per heavy atom. The van der Waals surface area contributed by atoms with Gasteiger partial charge in [-0.05, 0) is 38.1 Å². The van der Waals surface area contributed by atoms with Crippen LogP contribution in [0.5, 0.6) is 0 Å². The number of nitrogens with zero attached hydrogens (tertiary/aromatic N) is 4. The molecule has 3 rings (SSSR count). The molecular weight excluding hydrogens is 378 g/mol. The highest BCUT2D eigenvalue weighted by Gasteiger charge is 2.20. The van der Waals surface area contributed by atoms with Crippen LogP contribution >= 0.6 is 0 Å². The molecule has 0 atom stereocenters. The monoisotopic (exact) mass is 403 g/mol. The highest BCUT2D eigenvalue weighted by molar-refractivity contribution is 7.89. The number of aromatic nitrogens is 3. The zero-order chi connectivity index (χ0) is 20.8. The predicted molar refractivity (Wildman–Crippen MR) is 108 cm³/mol. The van der Waals surface area contributed by atoms with Crippen LogP contribution in [0.25, 0.3) is 10.9 Å². The van der Waals surface area contributed by atoms with Gasteiger partial charge in [0.1, 0.15) is 5.69 Å². The normalized spacial score (nSPS) is 12.1. The van der Waals surface area contributed by atoms with Crippen molar-refractivity contribution in [1.29, 1.82) is 0 Å². The highest BCUT2D eigenvalue weighted by Crippen LogP contribution is 2.24. The number of benzene rings is 1. The number of fused-ring (bicyclic) bond motifs is 1. The van der Waals surface area contributed by atoms with E-state index in [2.05, 4.69) is 10.4 Å². The minimum absolute atomic E-state index is 0.198. The van der Waals surface area contributed by atoms with Crippen molar-refractivity contribution >= 4 is 26.8 Å². The third-order valence-corrected chi connectivity index (χ3v) is 6.92. The van der Waals surface area contributed by atoms with E-state index in [1.165, 1.54) is 18.4 Å². The molecular formula is C19H25N5O3S. The van der Waals surface area contributed by atoms with Crippen LogP contribution in [0, 0.1) is 13.8 Å². The smallest absolute Gasteiger partial charge is 0.268 e. The van der Waals surface area contributed by atoms with E-state index in [4.69, 9.17) is 0 Å². The fourth-order valence-electron chi connectivity index (χ4n) is 3.25. The number of carbonyl (C=O) groups excluding carboxylic acids is 1. The number of hydrogen-bond acceptors (Lipinski definition) is 4. The minimum atomic E-state index is -3.53. The van der Waals surface area contributed by atoms with Crippen molar-refractivity contribution in [1.82, 2.24) is 24.0 Å². The number of sulfonamides is 1. The summed E-state index contributed by atoms with van der Waals surface area (Å²) in [6.07, 6.45) is 0. The number of aryl methyl sites for hydroxylation is 3. The first-order chi connectivity index (χ1) is 13.0. The van der Waals surface area contributed by atoms with Gasteiger partial charge >= 0.3 is 0 Å². The number of rotatable bonds is 5. The Morgan fingerprint density at radius 3 is 2.43 bits per heavy atom. The zero-order valence-electron chi connectivity index (χ0n) is 16.9. The third kappa shape index (κ3) is 3.31. The molecule has 0 saturated heterocycles. The molecule has 2 heterocycles. The maximum absolute atomic E-state index is 12.7. The molecule has 9 heteroatoms. The Balaban J connectivity index is 1.90. The lowest BCUT2D eigenvalue weighted by atomic mass is 10.2. The van der Waals surface area contributed by atoms with Crippen molar-refractivity contribution in [3.8, 4) is 0 Å². The molecule has 0 aliphatic carbocycles. The molecule has 0 unspecified atom stereocenters. The molecule has 2 aromatic heterocycles. The lowest BCUT2D eigenvalue weighted by molar-refractivity contribution is 0.0943. The van der Waals surface area contributed by atoms with Crippen LogP contribution in [0.1, 0.15) is 27.4 Å². The van der Waals surface area contributed by atoms with E-state index in [1.807, 2.05) is 20.9 Å². The summed E-state index contributed by atoms with van der Waals surface area (Å²) in [7, 11) is 3.11. The molecule has 150 valence electrons. The molecule has 1 aromatic carbocycles. The Kier molecular flexibility index (Phi) is 5.07. The minimum Gasteiger partial charge on any atom is -0.347 e. The van der Waals surface area contributed by atoms with Gasteiger partial charge in [0.2, 0.25) is 10.0 Å². The Hall–Kier alpha value is -2.65. The number of nitrogens with one attached hydrogen (secondary N) is 1. The molecule has 0 spiro atoms.